The van der Waals surface area contributed by atoms with Crippen molar-refractivity contribution in [3.63, 3.8) is 0 Å². The molecule has 0 unspecified atom stereocenters. The second-order valence-corrected chi connectivity index (χ2v) is 6.91. The van der Waals surface area contributed by atoms with E-state index in [1.807, 2.05) is 0 Å². The summed E-state index contributed by atoms with van der Waals surface area (Å²) < 4.78 is 21.3. The number of hydrogen-bond donors (Lipinski definition) is 0. The number of rotatable bonds is 8. The number of carbonyl (C=O) groups excluding carboxylic acids is 1. The first kappa shape index (κ1) is 22.7. The van der Waals surface area contributed by atoms with Crippen LogP contribution in [0.3, 0.4) is 0 Å². The summed E-state index contributed by atoms with van der Waals surface area (Å²) in [6.45, 7) is -0.315. The average molecular weight is 450 g/mol. The minimum absolute atomic E-state index is 0.236. The second-order valence-electron chi connectivity index (χ2n) is 6.50. The number of nitriles is 1. The van der Waals surface area contributed by atoms with Gasteiger partial charge in [0.15, 0.2) is 18.1 Å². The van der Waals surface area contributed by atoms with Crippen LogP contribution in [0.4, 0.5) is 0 Å². The lowest BCUT2D eigenvalue weighted by Gasteiger charge is -2.11. The maximum absolute atomic E-state index is 12.2. The van der Waals surface area contributed by atoms with Crippen molar-refractivity contribution in [3.05, 3.63) is 82.9 Å². The maximum Gasteiger partial charge on any atom is 0.349 e. The highest BCUT2D eigenvalue weighted by atomic mass is 35.5. The molecule has 0 heterocycles. The Kier molecular flexibility index (Phi) is 7.74. The molecule has 0 spiro atoms. The van der Waals surface area contributed by atoms with Gasteiger partial charge in [0.2, 0.25) is 0 Å². The van der Waals surface area contributed by atoms with Crippen LogP contribution in [0, 0.1) is 11.3 Å². The molecule has 3 aromatic carbocycles. The highest BCUT2D eigenvalue weighted by molar-refractivity contribution is 6.32. The van der Waals surface area contributed by atoms with Gasteiger partial charge in [-0.25, -0.2) is 4.79 Å². The van der Waals surface area contributed by atoms with Gasteiger partial charge < -0.3 is 18.9 Å². The molecule has 0 bridgehead atoms. The molecule has 162 valence electrons. The molecule has 0 N–H and O–H groups in total. The van der Waals surface area contributed by atoms with Crippen molar-refractivity contribution in [3.8, 4) is 29.1 Å². The maximum atomic E-state index is 12.2. The number of allylic oxidation sites excluding steroid dienone is 1. The fourth-order valence-corrected chi connectivity index (χ4v) is 3.02. The van der Waals surface area contributed by atoms with E-state index in [9.17, 15) is 10.1 Å². The predicted molar refractivity (Wildman–Crippen MR) is 122 cm³/mol. The summed E-state index contributed by atoms with van der Waals surface area (Å²) >= 11 is 6.01. The Morgan fingerprint density at radius 1 is 0.969 bits per heavy atom. The van der Waals surface area contributed by atoms with Crippen molar-refractivity contribution in [1.29, 1.82) is 5.26 Å². The van der Waals surface area contributed by atoms with E-state index < -0.39 is 5.97 Å². The summed E-state index contributed by atoms with van der Waals surface area (Å²) in [5, 5.41) is 9.97. The van der Waals surface area contributed by atoms with E-state index in [-0.39, 0.29) is 12.4 Å². The Bertz CT molecular complexity index is 1170. The summed E-state index contributed by atoms with van der Waals surface area (Å²) in [4.78, 5) is 12.2. The van der Waals surface area contributed by atoms with Crippen LogP contribution in [-0.4, -0.2) is 26.8 Å². The molecule has 0 aromatic heterocycles. The van der Waals surface area contributed by atoms with E-state index in [2.05, 4.69) is 6.07 Å². The van der Waals surface area contributed by atoms with Crippen LogP contribution >= 0.6 is 11.6 Å². The minimum Gasteiger partial charge on any atom is -0.497 e. The minimum atomic E-state index is -0.609. The summed E-state index contributed by atoms with van der Waals surface area (Å²) in [6, 6.07) is 21.2. The molecule has 6 nitrogen and oxygen atoms in total. The van der Waals surface area contributed by atoms with Crippen molar-refractivity contribution >= 4 is 29.2 Å². The first-order valence-corrected chi connectivity index (χ1v) is 9.94. The Hall–Kier alpha value is -3.95. The van der Waals surface area contributed by atoms with Gasteiger partial charge in [0.25, 0.3) is 0 Å². The quantitative estimate of drug-likeness (QED) is 0.198. The van der Waals surface area contributed by atoms with Crippen LogP contribution in [0.15, 0.2) is 66.7 Å². The number of halogens is 1. The van der Waals surface area contributed by atoms with E-state index in [0.717, 1.165) is 5.56 Å². The molecule has 0 aliphatic rings. The van der Waals surface area contributed by atoms with E-state index in [0.29, 0.717) is 33.4 Å². The molecule has 7 heteroatoms. The van der Waals surface area contributed by atoms with Crippen LogP contribution in [0.2, 0.25) is 5.02 Å². The predicted octanol–water partition coefficient (Wildman–Crippen LogP) is 5.41. The van der Waals surface area contributed by atoms with Gasteiger partial charge in [-0.2, -0.15) is 5.26 Å². The first-order chi connectivity index (χ1) is 15.5. The second kappa shape index (κ2) is 10.9. The van der Waals surface area contributed by atoms with Crippen molar-refractivity contribution < 1.29 is 23.7 Å². The Morgan fingerprint density at radius 2 is 1.72 bits per heavy atom. The van der Waals surface area contributed by atoms with E-state index in [1.54, 1.807) is 79.9 Å². The first-order valence-electron chi connectivity index (χ1n) is 9.56. The Balaban J connectivity index is 1.73. The molecule has 0 radical (unpaired) electrons. The van der Waals surface area contributed by atoms with Crippen LogP contribution in [0.5, 0.6) is 23.0 Å². The number of methoxy groups -OCH3 is 2. The molecule has 0 aliphatic heterocycles. The topological polar surface area (TPSA) is 77.8 Å². The monoisotopic (exact) mass is 449 g/mol. The smallest absolute Gasteiger partial charge is 0.349 e. The van der Waals surface area contributed by atoms with E-state index in [1.165, 1.54) is 7.11 Å². The SMILES string of the molecule is COc1ccc(/C(C#N)=C\c2ccc(OC(=O)COc3ccccc3Cl)c(OC)c2)cc1. The van der Waals surface area contributed by atoms with Crippen molar-refractivity contribution in [1.82, 2.24) is 0 Å². The lowest BCUT2D eigenvalue weighted by atomic mass is 10.0. The van der Waals surface area contributed by atoms with Gasteiger partial charge in [-0.1, -0.05) is 29.8 Å². The Labute approximate surface area is 191 Å². The van der Waals surface area contributed by atoms with E-state index in [4.69, 9.17) is 30.5 Å². The molecule has 0 saturated heterocycles. The zero-order valence-corrected chi connectivity index (χ0v) is 18.3. The summed E-state index contributed by atoms with van der Waals surface area (Å²) in [5.74, 6) is 1.07. The lowest BCUT2D eigenvalue weighted by molar-refractivity contribution is -0.136. The standard InChI is InChI=1S/C25H20ClNO5/c1-29-20-10-8-18(9-11-20)19(15-27)13-17-7-12-23(24(14-17)30-2)32-25(28)16-31-22-6-4-3-5-21(22)26/h3-14H,16H2,1-2H3/b19-13-. The molecule has 0 fully saturated rings. The number of hydrogen-bond acceptors (Lipinski definition) is 6. The van der Waals surface area contributed by atoms with Crippen LogP contribution in [-0.2, 0) is 4.79 Å². The van der Waals surface area contributed by atoms with Gasteiger partial charge in [0.1, 0.15) is 11.5 Å². The highest BCUT2D eigenvalue weighted by Gasteiger charge is 2.13. The lowest BCUT2D eigenvalue weighted by Crippen LogP contribution is -2.18. The zero-order chi connectivity index (χ0) is 22.9. The fraction of sp³-hybridized carbons (Fsp3) is 0.120. The average Bonchev–Trinajstić information content (AvgIpc) is 2.83. The number of nitrogens with zero attached hydrogens (tertiary/aromatic N) is 1. The molecule has 3 rings (SSSR count). The van der Waals surface area contributed by atoms with Gasteiger partial charge in [0.05, 0.1) is 30.9 Å². The van der Waals surface area contributed by atoms with Crippen LogP contribution in [0.25, 0.3) is 11.6 Å². The molecular weight excluding hydrogens is 430 g/mol. The normalized spacial score (nSPS) is 10.8. The number of carbonyl (C=O) groups is 1. The molecule has 0 amide bonds. The van der Waals surface area contributed by atoms with Crippen LogP contribution < -0.4 is 18.9 Å². The third-order valence-corrected chi connectivity index (χ3v) is 4.74. The third-order valence-electron chi connectivity index (χ3n) is 4.43. The van der Waals surface area contributed by atoms with Crippen molar-refractivity contribution in [2.45, 2.75) is 0 Å². The molecule has 3 aromatic rings. The Morgan fingerprint density at radius 3 is 2.38 bits per heavy atom. The summed E-state index contributed by atoms with van der Waals surface area (Å²) in [6.07, 6.45) is 1.72. The van der Waals surface area contributed by atoms with Gasteiger partial charge in [-0.15, -0.1) is 0 Å². The van der Waals surface area contributed by atoms with E-state index >= 15 is 0 Å². The number of para-hydroxylation sites is 1. The molecule has 0 atom stereocenters. The van der Waals surface area contributed by atoms with Crippen LogP contribution in [0.1, 0.15) is 11.1 Å². The third kappa shape index (κ3) is 5.81. The number of benzene rings is 3. The van der Waals surface area contributed by atoms with Crippen molar-refractivity contribution in [2.75, 3.05) is 20.8 Å². The molecule has 0 aliphatic carbocycles. The molecule has 0 saturated carbocycles. The largest absolute Gasteiger partial charge is 0.497 e. The zero-order valence-electron chi connectivity index (χ0n) is 17.5. The number of ether oxygens (including phenoxy) is 4. The summed E-state index contributed by atoms with van der Waals surface area (Å²) in [5.41, 5.74) is 1.92. The number of esters is 1. The summed E-state index contributed by atoms with van der Waals surface area (Å²) in [7, 11) is 3.05. The van der Waals surface area contributed by atoms with Gasteiger partial charge in [-0.05, 0) is 65.7 Å². The fourth-order valence-electron chi connectivity index (χ4n) is 2.83. The van der Waals surface area contributed by atoms with Crippen molar-refractivity contribution in [2.24, 2.45) is 0 Å². The van der Waals surface area contributed by atoms with Gasteiger partial charge in [0, 0.05) is 0 Å². The van der Waals surface area contributed by atoms with Gasteiger partial charge in [-0.3, -0.25) is 0 Å². The van der Waals surface area contributed by atoms with Gasteiger partial charge >= 0.3 is 5.97 Å². The highest BCUT2D eigenvalue weighted by Crippen LogP contribution is 2.30. The molecular formula is C25H20ClNO5. The molecule has 32 heavy (non-hydrogen) atoms.